The van der Waals surface area contributed by atoms with Crippen molar-refractivity contribution < 1.29 is 28.7 Å². The number of hydrogen-bond acceptors (Lipinski definition) is 6. The van der Waals surface area contributed by atoms with E-state index >= 15 is 0 Å². The molecule has 0 saturated heterocycles. The van der Waals surface area contributed by atoms with Gasteiger partial charge in [-0.2, -0.15) is 0 Å². The quantitative estimate of drug-likeness (QED) is 0.423. The lowest BCUT2D eigenvalue weighted by atomic mass is 9.97. The van der Waals surface area contributed by atoms with E-state index in [1.807, 2.05) is 0 Å². The summed E-state index contributed by atoms with van der Waals surface area (Å²) in [5.74, 6) is -1.49. The zero-order valence-electron chi connectivity index (χ0n) is 16.3. The van der Waals surface area contributed by atoms with E-state index < -0.39 is 23.3 Å². The molecule has 1 aromatic rings. The Bertz CT molecular complexity index is 721. The van der Waals surface area contributed by atoms with Gasteiger partial charge in [0.25, 0.3) is 5.91 Å². The van der Waals surface area contributed by atoms with Crippen LogP contribution in [0.1, 0.15) is 50.5 Å². The number of amides is 2. The molecule has 0 spiro atoms. The average molecular weight is 378 g/mol. The predicted molar refractivity (Wildman–Crippen MR) is 98.0 cm³/mol. The van der Waals surface area contributed by atoms with Gasteiger partial charge in [0.15, 0.2) is 0 Å². The molecule has 0 aliphatic carbocycles. The van der Waals surface area contributed by atoms with E-state index in [1.165, 1.54) is 26.0 Å². The van der Waals surface area contributed by atoms with Crippen molar-refractivity contribution >= 4 is 23.8 Å². The lowest BCUT2D eigenvalue weighted by molar-refractivity contribution is -0.143. The molecular formula is C19H26N2O6. The topological polar surface area (TPSA) is 111 Å². The maximum atomic E-state index is 12.5. The van der Waals surface area contributed by atoms with Crippen LogP contribution >= 0.6 is 0 Å². The Morgan fingerprint density at radius 3 is 2.19 bits per heavy atom. The van der Waals surface area contributed by atoms with Crippen LogP contribution in [0, 0.1) is 5.41 Å². The SMILES string of the molecule is CC(=O)NCCNC(=O)c1cc(COC(C)=O)ccc1OC(=O)C(C)(C)C. The van der Waals surface area contributed by atoms with Gasteiger partial charge in [-0.05, 0) is 38.5 Å². The maximum Gasteiger partial charge on any atom is 0.316 e. The molecule has 8 heteroatoms. The molecule has 0 aromatic heterocycles. The summed E-state index contributed by atoms with van der Waals surface area (Å²) >= 11 is 0. The molecular weight excluding hydrogens is 352 g/mol. The molecule has 27 heavy (non-hydrogen) atoms. The fourth-order valence-corrected chi connectivity index (χ4v) is 1.88. The Balaban J connectivity index is 2.99. The monoisotopic (exact) mass is 378 g/mol. The van der Waals surface area contributed by atoms with Gasteiger partial charge in [0.05, 0.1) is 11.0 Å². The van der Waals surface area contributed by atoms with Crippen LogP contribution in [0.4, 0.5) is 0 Å². The van der Waals surface area contributed by atoms with Crippen molar-refractivity contribution in [2.45, 2.75) is 41.2 Å². The molecule has 8 nitrogen and oxygen atoms in total. The summed E-state index contributed by atoms with van der Waals surface area (Å²) in [7, 11) is 0. The Kier molecular flexibility index (Phi) is 7.96. The van der Waals surface area contributed by atoms with Gasteiger partial charge < -0.3 is 20.1 Å². The minimum absolute atomic E-state index is 0.00496. The standard InChI is InChI=1S/C19H26N2O6/c1-12(22)20-8-9-21-17(24)15-10-14(11-26-13(2)23)6-7-16(15)27-18(25)19(3,4)5/h6-7,10H,8-9,11H2,1-5H3,(H,20,22)(H,21,24). The van der Waals surface area contributed by atoms with Crippen LogP contribution in [0.15, 0.2) is 18.2 Å². The Morgan fingerprint density at radius 1 is 1.00 bits per heavy atom. The predicted octanol–water partition coefficient (Wildman–Crippen LogP) is 1.57. The Labute approximate surface area is 158 Å². The number of rotatable bonds is 7. The summed E-state index contributed by atoms with van der Waals surface area (Å²) in [5, 5.41) is 5.21. The van der Waals surface area contributed by atoms with Gasteiger partial charge in [0.1, 0.15) is 12.4 Å². The highest BCUT2D eigenvalue weighted by Gasteiger charge is 2.26. The van der Waals surface area contributed by atoms with E-state index in [4.69, 9.17) is 9.47 Å². The van der Waals surface area contributed by atoms with Crippen molar-refractivity contribution in [3.63, 3.8) is 0 Å². The number of esters is 2. The first-order chi connectivity index (χ1) is 12.5. The molecule has 0 aliphatic heterocycles. The average Bonchev–Trinajstić information content (AvgIpc) is 2.56. The first-order valence-electron chi connectivity index (χ1n) is 8.52. The highest BCUT2D eigenvalue weighted by Crippen LogP contribution is 2.24. The zero-order chi connectivity index (χ0) is 20.6. The first-order valence-corrected chi connectivity index (χ1v) is 8.52. The maximum absolute atomic E-state index is 12.5. The number of hydrogen-bond donors (Lipinski definition) is 2. The lowest BCUT2D eigenvalue weighted by Crippen LogP contribution is -2.34. The van der Waals surface area contributed by atoms with Crippen LogP contribution in [-0.4, -0.2) is 36.8 Å². The van der Waals surface area contributed by atoms with E-state index in [-0.39, 0.29) is 36.9 Å². The van der Waals surface area contributed by atoms with Crippen molar-refractivity contribution in [1.82, 2.24) is 10.6 Å². The zero-order valence-corrected chi connectivity index (χ0v) is 16.3. The van der Waals surface area contributed by atoms with Crippen molar-refractivity contribution in [2.75, 3.05) is 13.1 Å². The molecule has 0 aliphatic rings. The Morgan fingerprint density at radius 2 is 1.63 bits per heavy atom. The molecule has 1 rings (SSSR count). The molecule has 148 valence electrons. The van der Waals surface area contributed by atoms with Crippen LogP contribution < -0.4 is 15.4 Å². The molecule has 0 heterocycles. The number of ether oxygens (including phenoxy) is 2. The van der Waals surface area contributed by atoms with Crippen molar-refractivity contribution in [2.24, 2.45) is 5.41 Å². The largest absolute Gasteiger partial charge is 0.461 e. The minimum atomic E-state index is -0.741. The number of carbonyl (C=O) groups excluding carboxylic acids is 4. The molecule has 0 radical (unpaired) electrons. The summed E-state index contributed by atoms with van der Waals surface area (Å²) in [6.45, 7) is 8.26. The van der Waals surface area contributed by atoms with Crippen LogP contribution in [-0.2, 0) is 25.7 Å². The first kappa shape index (κ1) is 22.1. The second-order valence-electron chi connectivity index (χ2n) is 6.99. The van der Waals surface area contributed by atoms with E-state index in [2.05, 4.69) is 10.6 Å². The summed E-state index contributed by atoms with van der Waals surface area (Å²) < 4.78 is 10.3. The van der Waals surface area contributed by atoms with Gasteiger partial charge in [0.2, 0.25) is 5.91 Å². The van der Waals surface area contributed by atoms with E-state index in [0.717, 1.165) is 0 Å². The minimum Gasteiger partial charge on any atom is -0.461 e. The van der Waals surface area contributed by atoms with Gasteiger partial charge in [-0.1, -0.05) is 6.07 Å². The molecule has 1 aromatic carbocycles. The van der Waals surface area contributed by atoms with Crippen molar-refractivity contribution in [3.8, 4) is 5.75 Å². The van der Waals surface area contributed by atoms with Gasteiger partial charge in [-0.25, -0.2) is 0 Å². The fourth-order valence-electron chi connectivity index (χ4n) is 1.88. The second-order valence-corrected chi connectivity index (χ2v) is 6.99. The molecule has 0 unspecified atom stereocenters. The fraction of sp³-hybridized carbons (Fsp3) is 0.474. The third-order valence-electron chi connectivity index (χ3n) is 3.33. The third-order valence-corrected chi connectivity index (χ3v) is 3.33. The molecule has 2 amide bonds. The summed E-state index contributed by atoms with van der Waals surface area (Å²) in [5.41, 5.74) is -0.0249. The summed E-state index contributed by atoms with van der Waals surface area (Å²) in [4.78, 5) is 46.5. The number of carbonyl (C=O) groups is 4. The van der Waals surface area contributed by atoms with Crippen LogP contribution in [0.25, 0.3) is 0 Å². The highest BCUT2D eigenvalue weighted by atomic mass is 16.5. The number of nitrogens with one attached hydrogen (secondary N) is 2. The van der Waals surface area contributed by atoms with Gasteiger partial charge in [0, 0.05) is 26.9 Å². The third kappa shape index (κ3) is 7.89. The molecule has 0 saturated carbocycles. The lowest BCUT2D eigenvalue weighted by Gasteiger charge is -2.18. The van der Waals surface area contributed by atoms with Gasteiger partial charge in [-0.3, -0.25) is 19.2 Å². The van der Waals surface area contributed by atoms with Gasteiger partial charge >= 0.3 is 11.9 Å². The molecule has 0 atom stereocenters. The summed E-state index contributed by atoms with van der Waals surface area (Å²) in [6.07, 6.45) is 0. The van der Waals surface area contributed by atoms with E-state index in [0.29, 0.717) is 5.56 Å². The molecule has 0 bridgehead atoms. The smallest absolute Gasteiger partial charge is 0.316 e. The normalized spacial score (nSPS) is 10.7. The second kappa shape index (κ2) is 9.70. The van der Waals surface area contributed by atoms with Crippen molar-refractivity contribution in [1.29, 1.82) is 0 Å². The van der Waals surface area contributed by atoms with E-state index in [1.54, 1.807) is 26.8 Å². The Hall–Kier alpha value is -2.90. The molecule has 2 N–H and O–H groups in total. The van der Waals surface area contributed by atoms with Crippen LogP contribution in [0.5, 0.6) is 5.75 Å². The van der Waals surface area contributed by atoms with Gasteiger partial charge in [-0.15, -0.1) is 0 Å². The van der Waals surface area contributed by atoms with Crippen LogP contribution in [0.2, 0.25) is 0 Å². The number of benzene rings is 1. The summed E-state index contributed by atoms with van der Waals surface area (Å²) in [6, 6.07) is 4.61. The van der Waals surface area contributed by atoms with E-state index in [9.17, 15) is 19.2 Å². The van der Waals surface area contributed by atoms with Crippen molar-refractivity contribution in [3.05, 3.63) is 29.3 Å². The van der Waals surface area contributed by atoms with Crippen LogP contribution in [0.3, 0.4) is 0 Å². The molecule has 0 fully saturated rings. The highest BCUT2D eigenvalue weighted by molar-refractivity contribution is 5.98.